The van der Waals surface area contributed by atoms with E-state index in [2.05, 4.69) is 16.2 Å². The van der Waals surface area contributed by atoms with Gasteiger partial charge in [-0.2, -0.15) is 4.98 Å². The van der Waals surface area contributed by atoms with Gasteiger partial charge in [-0.15, -0.1) is 0 Å². The maximum Gasteiger partial charge on any atom is 0.258 e. The Morgan fingerprint density at radius 2 is 2.00 bits per heavy atom. The number of aromatic nitrogens is 2. The van der Waals surface area contributed by atoms with Gasteiger partial charge in [0.15, 0.2) is 5.82 Å². The van der Waals surface area contributed by atoms with Gasteiger partial charge < -0.3 is 15.0 Å². The van der Waals surface area contributed by atoms with Crippen molar-refractivity contribution in [1.82, 2.24) is 10.1 Å². The molecule has 0 amide bonds. The van der Waals surface area contributed by atoms with Gasteiger partial charge in [-0.3, -0.25) is 0 Å². The van der Waals surface area contributed by atoms with E-state index in [9.17, 15) is 0 Å². The van der Waals surface area contributed by atoms with Gasteiger partial charge in [-0.25, -0.2) is 0 Å². The molecule has 1 atom stereocenters. The third-order valence-corrected chi connectivity index (χ3v) is 3.12. The van der Waals surface area contributed by atoms with Crippen molar-refractivity contribution in [3.8, 4) is 11.5 Å². The normalized spacial score (nSPS) is 12.7. The number of nitrogens with two attached hydrogens (primary N) is 1. The highest BCUT2D eigenvalue weighted by atomic mass is 16.5. The summed E-state index contributed by atoms with van der Waals surface area (Å²) in [5, 5.41) is 6.20. The van der Waals surface area contributed by atoms with Gasteiger partial charge >= 0.3 is 0 Å². The van der Waals surface area contributed by atoms with Crippen molar-refractivity contribution in [1.29, 1.82) is 0 Å². The number of hydrogen-bond acceptors (Lipinski definition) is 5. The molecule has 1 unspecified atom stereocenters. The first-order valence-corrected chi connectivity index (χ1v) is 6.35. The summed E-state index contributed by atoms with van der Waals surface area (Å²) in [5.41, 5.74) is 6.76. The molecule has 0 radical (unpaired) electrons. The Bertz CT molecular complexity index is 724. The highest BCUT2D eigenvalue weighted by molar-refractivity contribution is 5.86. The van der Waals surface area contributed by atoms with Gasteiger partial charge in [0.2, 0.25) is 0 Å². The summed E-state index contributed by atoms with van der Waals surface area (Å²) in [6.07, 6.45) is 0. The van der Waals surface area contributed by atoms with Gasteiger partial charge in [-0.05, 0) is 22.9 Å². The van der Waals surface area contributed by atoms with Crippen LogP contribution in [0.25, 0.3) is 22.2 Å². The lowest BCUT2D eigenvalue weighted by molar-refractivity contribution is 0.177. The average molecular weight is 269 g/mol. The standard InChI is InChI=1S/C15H15N3O2/c1-19-9-13(16)14-17-15(20-18-14)12-7-6-10-4-2-3-5-11(10)8-12/h2-8,13H,9,16H2,1H3. The molecule has 0 aliphatic heterocycles. The van der Waals surface area contributed by atoms with Crippen molar-refractivity contribution in [2.75, 3.05) is 13.7 Å². The number of hydrogen-bond donors (Lipinski definition) is 1. The molecule has 0 saturated carbocycles. The van der Waals surface area contributed by atoms with Crippen molar-refractivity contribution < 1.29 is 9.26 Å². The lowest BCUT2D eigenvalue weighted by Gasteiger charge is -2.03. The van der Waals surface area contributed by atoms with Crippen LogP contribution in [-0.2, 0) is 4.74 Å². The zero-order valence-corrected chi connectivity index (χ0v) is 11.1. The van der Waals surface area contributed by atoms with Crippen LogP contribution in [0.4, 0.5) is 0 Å². The van der Waals surface area contributed by atoms with Crippen LogP contribution in [0.5, 0.6) is 0 Å². The number of rotatable bonds is 4. The van der Waals surface area contributed by atoms with E-state index in [1.807, 2.05) is 36.4 Å². The molecule has 0 saturated heterocycles. The molecule has 2 N–H and O–H groups in total. The first-order valence-electron chi connectivity index (χ1n) is 6.35. The predicted octanol–water partition coefficient (Wildman–Crippen LogP) is 2.54. The fraction of sp³-hybridized carbons (Fsp3) is 0.200. The molecule has 20 heavy (non-hydrogen) atoms. The van der Waals surface area contributed by atoms with Crippen LogP contribution in [-0.4, -0.2) is 23.9 Å². The molecule has 1 aromatic heterocycles. The van der Waals surface area contributed by atoms with Crippen molar-refractivity contribution in [2.24, 2.45) is 5.73 Å². The highest BCUT2D eigenvalue weighted by Crippen LogP contribution is 2.23. The lowest BCUT2D eigenvalue weighted by atomic mass is 10.1. The van der Waals surface area contributed by atoms with Gasteiger partial charge in [0.1, 0.15) is 0 Å². The Morgan fingerprint density at radius 3 is 2.80 bits per heavy atom. The van der Waals surface area contributed by atoms with Crippen LogP contribution < -0.4 is 5.73 Å². The van der Waals surface area contributed by atoms with Crippen molar-refractivity contribution in [2.45, 2.75) is 6.04 Å². The second-order valence-corrected chi connectivity index (χ2v) is 4.58. The molecular weight excluding hydrogens is 254 g/mol. The molecular formula is C15H15N3O2. The molecule has 0 fully saturated rings. The third kappa shape index (κ3) is 2.41. The zero-order valence-electron chi connectivity index (χ0n) is 11.1. The van der Waals surface area contributed by atoms with Crippen LogP contribution in [0.3, 0.4) is 0 Å². The van der Waals surface area contributed by atoms with Crippen LogP contribution >= 0.6 is 0 Å². The third-order valence-electron chi connectivity index (χ3n) is 3.12. The average Bonchev–Trinajstić information content (AvgIpc) is 2.97. The molecule has 3 aromatic rings. The first-order chi connectivity index (χ1) is 9.78. The first kappa shape index (κ1) is 12.8. The van der Waals surface area contributed by atoms with Crippen molar-refractivity contribution in [3.05, 3.63) is 48.3 Å². The van der Waals surface area contributed by atoms with Gasteiger partial charge in [0, 0.05) is 12.7 Å². The molecule has 0 spiro atoms. The number of ether oxygens (including phenoxy) is 1. The van der Waals surface area contributed by atoms with E-state index in [-0.39, 0.29) is 6.04 Å². The van der Waals surface area contributed by atoms with Crippen molar-refractivity contribution in [3.63, 3.8) is 0 Å². The Balaban J connectivity index is 1.94. The van der Waals surface area contributed by atoms with E-state index in [4.69, 9.17) is 15.0 Å². The van der Waals surface area contributed by atoms with E-state index in [1.54, 1.807) is 7.11 Å². The molecule has 0 aliphatic rings. The second-order valence-electron chi connectivity index (χ2n) is 4.58. The summed E-state index contributed by atoms with van der Waals surface area (Å²) < 4.78 is 10.3. The summed E-state index contributed by atoms with van der Waals surface area (Å²) in [6, 6.07) is 13.8. The zero-order chi connectivity index (χ0) is 13.9. The summed E-state index contributed by atoms with van der Waals surface area (Å²) >= 11 is 0. The molecule has 5 nitrogen and oxygen atoms in total. The smallest absolute Gasteiger partial charge is 0.258 e. The summed E-state index contributed by atoms with van der Waals surface area (Å²) in [7, 11) is 1.59. The van der Waals surface area contributed by atoms with E-state index in [1.165, 1.54) is 5.39 Å². The molecule has 102 valence electrons. The van der Waals surface area contributed by atoms with E-state index in [0.717, 1.165) is 10.9 Å². The Hall–Kier alpha value is -2.24. The highest BCUT2D eigenvalue weighted by Gasteiger charge is 2.15. The molecule has 0 aliphatic carbocycles. The number of methoxy groups -OCH3 is 1. The topological polar surface area (TPSA) is 74.2 Å². The fourth-order valence-electron chi connectivity index (χ4n) is 2.08. The Labute approximate surface area is 116 Å². The van der Waals surface area contributed by atoms with Crippen LogP contribution in [0.1, 0.15) is 11.9 Å². The minimum atomic E-state index is -0.377. The van der Waals surface area contributed by atoms with Gasteiger partial charge in [-0.1, -0.05) is 35.5 Å². The number of fused-ring (bicyclic) bond motifs is 1. The van der Waals surface area contributed by atoms with Crippen LogP contribution in [0.2, 0.25) is 0 Å². The minimum Gasteiger partial charge on any atom is -0.383 e. The maximum absolute atomic E-state index is 5.88. The lowest BCUT2D eigenvalue weighted by Crippen LogP contribution is -2.17. The van der Waals surface area contributed by atoms with E-state index >= 15 is 0 Å². The fourth-order valence-corrected chi connectivity index (χ4v) is 2.08. The summed E-state index contributed by atoms with van der Waals surface area (Å²) in [4.78, 5) is 4.32. The molecule has 2 aromatic carbocycles. The molecule has 0 bridgehead atoms. The van der Waals surface area contributed by atoms with E-state index < -0.39 is 0 Å². The van der Waals surface area contributed by atoms with E-state index in [0.29, 0.717) is 18.3 Å². The number of nitrogens with zero attached hydrogens (tertiary/aromatic N) is 2. The largest absolute Gasteiger partial charge is 0.383 e. The SMILES string of the molecule is COCC(N)c1noc(-c2ccc3ccccc3c2)n1. The number of benzene rings is 2. The Morgan fingerprint density at radius 1 is 1.20 bits per heavy atom. The van der Waals surface area contributed by atoms with Crippen molar-refractivity contribution >= 4 is 10.8 Å². The Kier molecular flexibility index (Phi) is 3.45. The van der Waals surface area contributed by atoms with Gasteiger partial charge in [0.25, 0.3) is 5.89 Å². The minimum absolute atomic E-state index is 0.358. The summed E-state index contributed by atoms with van der Waals surface area (Å²) in [6.45, 7) is 0.358. The van der Waals surface area contributed by atoms with Crippen LogP contribution in [0, 0.1) is 0 Å². The molecule has 1 heterocycles. The second kappa shape index (κ2) is 5.40. The van der Waals surface area contributed by atoms with Gasteiger partial charge in [0.05, 0.1) is 12.6 Å². The molecule has 3 rings (SSSR count). The monoisotopic (exact) mass is 269 g/mol. The van der Waals surface area contributed by atoms with Crippen LogP contribution in [0.15, 0.2) is 47.0 Å². The summed E-state index contributed by atoms with van der Waals surface area (Å²) in [5.74, 6) is 0.923. The maximum atomic E-state index is 5.88. The quantitative estimate of drug-likeness (QED) is 0.787. The molecule has 5 heteroatoms. The predicted molar refractivity (Wildman–Crippen MR) is 76.0 cm³/mol.